The first-order valence-corrected chi connectivity index (χ1v) is 14.4. The van der Waals surface area contributed by atoms with Crippen LogP contribution in [0.1, 0.15) is 104 Å². The predicted octanol–water partition coefficient (Wildman–Crippen LogP) is 6.53. The number of amides is 3. The van der Waals surface area contributed by atoms with Crippen molar-refractivity contribution in [1.29, 1.82) is 0 Å². The third kappa shape index (κ3) is 7.42. The molecule has 8 heteroatoms. The molecule has 2 aromatic rings. The Labute approximate surface area is 251 Å². The van der Waals surface area contributed by atoms with E-state index >= 15 is 0 Å². The van der Waals surface area contributed by atoms with Crippen molar-refractivity contribution >= 4 is 30.3 Å². The summed E-state index contributed by atoms with van der Waals surface area (Å²) in [5.74, 6) is 1.89. The zero-order chi connectivity index (χ0) is 27.6. The summed E-state index contributed by atoms with van der Waals surface area (Å²) in [4.78, 5) is 38.2. The number of fused-ring (bicyclic) bond motifs is 6. The summed E-state index contributed by atoms with van der Waals surface area (Å²) in [6, 6.07) is 15.9. The van der Waals surface area contributed by atoms with Crippen molar-refractivity contribution in [3.8, 4) is 0 Å². The van der Waals surface area contributed by atoms with Crippen LogP contribution in [0.4, 0.5) is 4.79 Å². The number of ether oxygens (including phenoxy) is 1. The van der Waals surface area contributed by atoms with Crippen molar-refractivity contribution < 1.29 is 19.1 Å². The van der Waals surface area contributed by atoms with Crippen LogP contribution in [-0.2, 0) is 4.74 Å². The Kier molecular flexibility index (Phi) is 10.9. The van der Waals surface area contributed by atoms with E-state index in [0.29, 0.717) is 37.4 Å². The number of likely N-dealkylation sites (tertiary alicyclic amines) is 1. The summed E-state index contributed by atoms with van der Waals surface area (Å²) < 4.78 is 5.48. The van der Waals surface area contributed by atoms with Crippen LogP contribution in [0.2, 0.25) is 0 Å². The molecule has 4 unspecified atom stereocenters. The maximum Gasteiger partial charge on any atom is 0.410 e. The van der Waals surface area contributed by atoms with Crippen LogP contribution in [-0.4, -0.2) is 54.6 Å². The first-order chi connectivity index (χ1) is 18.7. The molecule has 3 amide bonds. The van der Waals surface area contributed by atoms with Gasteiger partial charge in [0, 0.05) is 43.2 Å². The van der Waals surface area contributed by atoms with Crippen molar-refractivity contribution in [3.63, 3.8) is 0 Å². The van der Waals surface area contributed by atoms with Gasteiger partial charge in [-0.3, -0.25) is 9.59 Å². The second-order valence-electron chi connectivity index (χ2n) is 12.3. The van der Waals surface area contributed by atoms with Gasteiger partial charge in [0.2, 0.25) is 0 Å². The monoisotopic (exact) mass is 583 g/mol. The predicted molar refractivity (Wildman–Crippen MR) is 165 cm³/mol. The minimum atomic E-state index is -0.488. The third-order valence-corrected chi connectivity index (χ3v) is 8.55. The summed E-state index contributed by atoms with van der Waals surface area (Å²) in [5, 5.41) is 6.05. The molecule has 6 rings (SSSR count). The molecule has 224 valence electrons. The van der Waals surface area contributed by atoms with E-state index < -0.39 is 5.60 Å². The number of nitrogens with zero attached hydrogens (tertiary/aromatic N) is 1. The minimum Gasteiger partial charge on any atom is -0.444 e. The van der Waals surface area contributed by atoms with Crippen molar-refractivity contribution in [3.05, 3.63) is 70.8 Å². The number of carbonyl (C=O) groups is 3. The van der Waals surface area contributed by atoms with Gasteiger partial charge >= 0.3 is 6.09 Å². The van der Waals surface area contributed by atoms with E-state index in [9.17, 15) is 14.4 Å². The van der Waals surface area contributed by atoms with Crippen LogP contribution in [0.15, 0.2) is 48.5 Å². The molecular formula is C33H46ClN3O4. The Balaban J connectivity index is 0.000000227. The standard InChI is InChI=1S/C18H24N2O3.C14H17NO.CH4.ClH/c1-18(2,3)23-17(22)20-9-8-13-12(11-20)10-19-16(21)15-7-5-4-6-14(13)15;16-14-13-8-4-3-7-12(13)11-6-2-1-5-10(11)9-15-14;;/h4-7,12-13H,8-11H2,1-3H3,(H,19,21);3-4,7-8,10-11H,1-2,5-6,9H2,(H,15,16);1H4;1H. The van der Waals surface area contributed by atoms with Crippen LogP contribution in [0, 0.1) is 11.8 Å². The molecule has 41 heavy (non-hydrogen) atoms. The van der Waals surface area contributed by atoms with Crippen molar-refractivity contribution in [2.75, 3.05) is 26.2 Å². The molecule has 4 atom stereocenters. The SMILES string of the molecule is C.CC(C)(C)OC(=O)N1CCC2c3ccccc3C(=O)NCC2C1.Cl.O=C1NCC2CCCCC2c2ccccc21. The largest absolute Gasteiger partial charge is 0.444 e. The molecular weight excluding hydrogens is 538 g/mol. The van der Waals surface area contributed by atoms with Crippen LogP contribution < -0.4 is 10.6 Å². The number of nitrogens with one attached hydrogen (secondary N) is 2. The maximum absolute atomic E-state index is 12.3. The molecule has 2 aromatic carbocycles. The summed E-state index contributed by atoms with van der Waals surface area (Å²) in [7, 11) is 0. The molecule has 3 heterocycles. The lowest BCUT2D eigenvalue weighted by atomic mass is 9.75. The molecule has 1 aliphatic carbocycles. The average molecular weight is 584 g/mol. The zero-order valence-corrected chi connectivity index (χ0v) is 24.6. The normalized spacial score (nSPS) is 24.7. The second kappa shape index (κ2) is 13.7. The fraction of sp³-hybridized carbons (Fsp3) is 0.545. The smallest absolute Gasteiger partial charge is 0.410 e. The van der Waals surface area contributed by atoms with E-state index in [1.54, 1.807) is 4.90 Å². The summed E-state index contributed by atoms with van der Waals surface area (Å²) in [5.41, 5.74) is 3.57. The number of hydrogen-bond acceptors (Lipinski definition) is 4. The van der Waals surface area contributed by atoms with E-state index in [2.05, 4.69) is 22.8 Å². The summed E-state index contributed by atoms with van der Waals surface area (Å²) >= 11 is 0. The topological polar surface area (TPSA) is 87.7 Å². The van der Waals surface area contributed by atoms with Crippen molar-refractivity contribution in [2.24, 2.45) is 11.8 Å². The number of rotatable bonds is 0. The molecule has 2 fully saturated rings. The van der Waals surface area contributed by atoms with Crippen LogP contribution in [0.5, 0.6) is 0 Å². The number of carbonyl (C=O) groups excluding carboxylic acids is 3. The van der Waals surface area contributed by atoms with Gasteiger partial charge in [-0.1, -0.05) is 56.7 Å². The van der Waals surface area contributed by atoms with Crippen LogP contribution >= 0.6 is 12.4 Å². The summed E-state index contributed by atoms with van der Waals surface area (Å²) in [6.45, 7) is 8.36. The minimum absolute atomic E-state index is 0. The highest BCUT2D eigenvalue weighted by atomic mass is 35.5. The Morgan fingerprint density at radius 3 is 1.90 bits per heavy atom. The van der Waals surface area contributed by atoms with Gasteiger partial charge in [0.05, 0.1) is 0 Å². The Morgan fingerprint density at radius 1 is 0.805 bits per heavy atom. The third-order valence-electron chi connectivity index (χ3n) is 8.55. The molecule has 1 saturated heterocycles. The van der Waals surface area contributed by atoms with Crippen molar-refractivity contribution in [1.82, 2.24) is 15.5 Å². The maximum atomic E-state index is 12.3. The van der Waals surface area contributed by atoms with Gasteiger partial charge in [-0.15, -0.1) is 12.4 Å². The van der Waals surface area contributed by atoms with Gasteiger partial charge in [0.15, 0.2) is 0 Å². The molecule has 0 radical (unpaired) electrons. The number of benzene rings is 2. The Morgan fingerprint density at radius 2 is 1.32 bits per heavy atom. The molecule has 0 spiro atoms. The fourth-order valence-electron chi connectivity index (χ4n) is 6.69. The Hall–Kier alpha value is -3.06. The van der Waals surface area contributed by atoms with E-state index in [0.717, 1.165) is 29.7 Å². The Bertz CT molecular complexity index is 1230. The van der Waals surface area contributed by atoms with E-state index in [4.69, 9.17) is 4.74 Å². The molecule has 0 aromatic heterocycles. The van der Waals surface area contributed by atoms with E-state index in [1.807, 2.05) is 57.2 Å². The first-order valence-electron chi connectivity index (χ1n) is 14.4. The first kappa shape index (κ1) is 32.5. The lowest BCUT2D eigenvalue weighted by molar-refractivity contribution is 0.0148. The summed E-state index contributed by atoms with van der Waals surface area (Å²) in [6.07, 6.45) is 5.73. The van der Waals surface area contributed by atoms with Gasteiger partial charge in [0.1, 0.15) is 5.60 Å². The highest BCUT2D eigenvalue weighted by molar-refractivity contribution is 5.97. The quantitative estimate of drug-likeness (QED) is 0.369. The van der Waals surface area contributed by atoms with Gasteiger partial charge in [0.25, 0.3) is 11.8 Å². The van der Waals surface area contributed by atoms with Gasteiger partial charge in [-0.25, -0.2) is 4.79 Å². The number of halogens is 1. The lowest BCUT2D eigenvalue weighted by Crippen LogP contribution is -2.47. The number of hydrogen-bond donors (Lipinski definition) is 2. The van der Waals surface area contributed by atoms with Crippen molar-refractivity contribution in [2.45, 2.75) is 77.7 Å². The highest BCUT2D eigenvalue weighted by Gasteiger charge is 2.37. The van der Waals surface area contributed by atoms with E-state index in [-0.39, 0.29) is 43.7 Å². The second-order valence-corrected chi connectivity index (χ2v) is 12.3. The molecule has 2 N–H and O–H groups in total. The van der Waals surface area contributed by atoms with Gasteiger partial charge in [-0.05, 0) is 81.0 Å². The zero-order valence-electron chi connectivity index (χ0n) is 23.8. The molecule has 0 bridgehead atoms. The van der Waals surface area contributed by atoms with Gasteiger partial charge in [-0.2, -0.15) is 0 Å². The van der Waals surface area contributed by atoms with E-state index in [1.165, 1.54) is 31.2 Å². The van der Waals surface area contributed by atoms with Crippen LogP contribution in [0.25, 0.3) is 0 Å². The van der Waals surface area contributed by atoms with Gasteiger partial charge < -0.3 is 20.3 Å². The van der Waals surface area contributed by atoms with Crippen LogP contribution in [0.3, 0.4) is 0 Å². The fourth-order valence-corrected chi connectivity index (χ4v) is 6.69. The molecule has 1 saturated carbocycles. The molecule has 3 aliphatic heterocycles. The number of piperidine rings is 1. The lowest BCUT2D eigenvalue weighted by Gasteiger charge is -2.38. The molecule has 4 aliphatic rings. The average Bonchev–Trinajstić information content (AvgIpc) is 3.17. The highest BCUT2D eigenvalue weighted by Crippen LogP contribution is 2.40. The molecule has 7 nitrogen and oxygen atoms in total.